The van der Waals surface area contributed by atoms with Gasteiger partial charge in [0, 0.05) is 11.1 Å². The Hall–Kier alpha value is -1.39. The fourth-order valence-electron chi connectivity index (χ4n) is 1.74. The lowest BCUT2D eigenvalue weighted by Gasteiger charge is -2.22. The highest BCUT2D eigenvalue weighted by molar-refractivity contribution is 6.31. The van der Waals surface area contributed by atoms with Crippen molar-refractivity contribution in [2.45, 2.75) is 19.0 Å². The van der Waals surface area contributed by atoms with E-state index >= 15 is 0 Å². The van der Waals surface area contributed by atoms with Crippen molar-refractivity contribution in [3.05, 3.63) is 47.5 Å². The predicted octanol–water partition coefficient (Wildman–Crippen LogP) is 1.87. The summed E-state index contributed by atoms with van der Waals surface area (Å²) in [4.78, 5) is 3.93. The van der Waals surface area contributed by atoms with E-state index in [1.165, 1.54) is 6.33 Å². The van der Waals surface area contributed by atoms with E-state index in [4.69, 9.17) is 17.3 Å². The zero-order chi connectivity index (χ0) is 11.5. The molecule has 1 aromatic heterocycles. The second-order valence-corrected chi connectivity index (χ2v) is 4.11. The largest absolute Gasteiger partial charge is 0.326 e. The summed E-state index contributed by atoms with van der Waals surface area (Å²) < 4.78 is 1.73. The maximum Gasteiger partial charge on any atom is 0.137 e. The first-order valence-electron chi connectivity index (χ1n) is 5.04. The Morgan fingerprint density at radius 1 is 1.38 bits per heavy atom. The van der Waals surface area contributed by atoms with Crippen LogP contribution < -0.4 is 5.73 Å². The van der Waals surface area contributed by atoms with Crippen molar-refractivity contribution in [3.63, 3.8) is 0 Å². The third-order valence-electron chi connectivity index (χ3n) is 2.44. The lowest BCUT2D eigenvalue weighted by Crippen LogP contribution is -2.30. The zero-order valence-electron chi connectivity index (χ0n) is 8.92. The Labute approximate surface area is 99.1 Å². The van der Waals surface area contributed by atoms with Crippen LogP contribution in [0.15, 0.2) is 36.9 Å². The summed E-state index contributed by atoms with van der Waals surface area (Å²) in [5, 5.41) is 4.82. The minimum Gasteiger partial charge on any atom is -0.326 e. The van der Waals surface area contributed by atoms with Gasteiger partial charge in [-0.2, -0.15) is 5.10 Å². The molecule has 0 amide bonds. The van der Waals surface area contributed by atoms with Gasteiger partial charge in [0.25, 0.3) is 0 Å². The van der Waals surface area contributed by atoms with Crippen LogP contribution in [0.1, 0.15) is 18.5 Å². The zero-order valence-corrected chi connectivity index (χ0v) is 9.67. The fourth-order valence-corrected chi connectivity index (χ4v) is 1.99. The van der Waals surface area contributed by atoms with Crippen molar-refractivity contribution >= 4 is 11.6 Å². The first-order valence-corrected chi connectivity index (χ1v) is 5.42. The molecule has 0 saturated carbocycles. The van der Waals surface area contributed by atoms with Gasteiger partial charge in [-0.05, 0) is 18.6 Å². The number of aromatic nitrogens is 3. The molecule has 2 atom stereocenters. The number of hydrogen-bond acceptors (Lipinski definition) is 3. The molecule has 0 aliphatic heterocycles. The number of halogens is 1. The van der Waals surface area contributed by atoms with Gasteiger partial charge in [0.05, 0.1) is 6.04 Å². The minimum atomic E-state index is -0.0957. The van der Waals surface area contributed by atoms with Crippen LogP contribution in [-0.4, -0.2) is 20.8 Å². The van der Waals surface area contributed by atoms with Crippen LogP contribution in [-0.2, 0) is 0 Å². The quantitative estimate of drug-likeness (QED) is 0.885. The van der Waals surface area contributed by atoms with Gasteiger partial charge in [0.1, 0.15) is 12.7 Å². The van der Waals surface area contributed by atoms with E-state index in [-0.39, 0.29) is 12.1 Å². The summed E-state index contributed by atoms with van der Waals surface area (Å²) in [6.45, 7) is 1.93. The highest BCUT2D eigenvalue weighted by Crippen LogP contribution is 2.26. The third kappa shape index (κ3) is 2.08. The van der Waals surface area contributed by atoms with Crippen LogP contribution in [0.2, 0.25) is 5.02 Å². The maximum absolute atomic E-state index is 6.16. The topological polar surface area (TPSA) is 56.7 Å². The SMILES string of the molecule is CC(N)C(c1ccccc1Cl)n1cncn1. The second-order valence-electron chi connectivity index (χ2n) is 3.70. The first kappa shape index (κ1) is 11.1. The first-order chi connectivity index (χ1) is 7.70. The number of nitrogens with zero attached hydrogens (tertiary/aromatic N) is 3. The third-order valence-corrected chi connectivity index (χ3v) is 2.79. The van der Waals surface area contributed by atoms with E-state index < -0.39 is 0 Å². The van der Waals surface area contributed by atoms with Crippen molar-refractivity contribution in [1.82, 2.24) is 14.8 Å². The maximum atomic E-state index is 6.16. The molecule has 0 bridgehead atoms. The molecule has 1 aromatic carbocycles. The van der Waals surface area contributed by atoms with Crippen LogP contribution in [0.3, 0.4) is 0 Å². The van der Waals surface area contributed by atoms with E-state index in [1.54, 1.807) is 11.0 Å². The van der Waals surface area contributed by atoms with Gasteiger partial charge in [-0.15, -0.1) is 0 Å². The van der Waals surface area contributed by atoms with Gasteiger partial charge < -0.3 is 5.73 Å². The van der Waals surface area contributed by atoms with Crippen LogP contribution in [0.4, 0.5) is 0 Å². The van der Waals surface area contributed by atoms with Crippen LogP contribution in [0, 0.1) is 0 Å². The Morgan fingerprint density at radius 3 is 2.69 bits per heavy atom. The molecule has 0 fully saturated rings. The molecule has 0 radical (unpaired) electrons. The molecule has 2 rings (SSSR count). The summed E-state index contributed by atoms with van der Waals surface area (Å²) in [5.41, 5.74) is 6.94. The van der Waals surface area contributed by atoms with E-state index in [1.807, 2.05) is 31.2 Å². The number of rotatable bonds is 3. The molecule has 2 unspecified atom stereocenters. The summed E-state index contributed by atoms with van der Waals surface area (Å²) in [7, 11) is 0. The average molecular weight is 237 g/mol. The Balaban J connectivity index is 2.45. The van der Waals surface area contributed by atoms with Gasteiger partial charge in [-0.3, -0.25) is 0 Å². The molecule has 5 heteroatoms. The number of hydrogen-bond donors (Lipinski definition) is 1. The Morgan fingerprint density at radius 2 is 2.12 bits per heavy atom. The van der Waals surface area contributed by atoms with E-state index in [0.717, 1.165) is 5.56 Å². The summed E-state index contributed by atoms with van der Waals surface area (Å²) in [6, 6.07) is 7.46. The Bertz CT molecular complexity index is 453. The van der Waals surface area contributed by atoms with Gasteiger partial charge >= 0.3 is 0 Å². The minimum absolute atomic E-state index is 0.0869. The normalized spacial score (nSPS) is 14.7. The van der Waals surface area contributed by atoms with Gasteiger partial charge in [-0.25, -0.2) is 9.67 Å². The lowest BCUT2D eigenvalue weighted by atomic mass is 10.0. The summed E-state index contributed by atoms with van der Waals surface area (Å²) in [6.07, 6.45) is 3.14. The molecule has 0 spiro atoms. The van der Waals surface area contributed by atoms with Gasteiger partial charge in [-0.1, -0.05) is 29.8 Å². The molecule has 84 valence electrons. The van der Waals surface area contributed by atoms with Gasteiger partial charge in [0.15, 0.2) is 0 Å². The highest BCUT2D eigenvalue weighted by atomic mass is 35.5. The highest BCUT2D eigenvalue weighted by Gasteiger charge is 2.20. The van der Waals surface area contributed by atoms with Gasteiger partial charge in [0.2, 0.25) is 0 Å². The van der Waals surface area contributed by atoms with E-state index in [9.17, 15) is 0 Å². The van der Waals surface area contributed by atoms with Crippen molar-refractivity contribution in [2.24, 2.45) is 5.73 Å². The lowest BCUT2D eigenvalue weighted by molar-refractivity contribution is 0.453. The second kappa shape index (κ2) is 4.63. The molecule has 4 nitrogen and oxygen atoms in total. The number of nitrogens with two attached hydrogens (primary N) is 1. The molecule has 16 heavy (non-hydrogen) atoms. The predicted molar refractivity (Wildman–Crippen MR) is 63.3 cm³/mol. The molecule has 0 aliphatic rings. The fraction of sp³-hybridized carbons (Fsp3) is 0.273. The molecule has 2 aromatic rings. The number of benzene rings is 1. The van der Waals surface area contributed by atoms with Crippen LogP contribution >= 0.6 is 11.6 Å². The monoisotopic (exact) mass is 236 g/mol. The molecule has 2 N–H and O–H groups in total. The molecule has 0 saturated heterocycles. The van der Waals surface area contributed by atoms with Crippen LogP contribution in [0.5, 0.6) is 0 Å². The molecular formula is C11H13ClN4. The molecule has 1 heterocycles. The van der Waals surface area contributed by atoms with E-state index in [2.05, 4.69) is 10.1 Å². The average Bonchev–Trinajstić information content (AvgIpc) is 2.74. The summed E-state index contributed by atoms with van der Waals surface area (Å²) in [5.74, 6) is 0. The Kier molecular flexibility index (Phi) is 3.22. The van der Waals surface area contributed by atoms with Crippen LogP contribution in [0.25, 0.3) is 0 Å². The van der Waals surface area contributed by atoms with Crippen molar-refractivity contribution in [1.29, 1.82) is 0 Å². The summed E-state index contributed by atoms with van der Waals surface area (Å²) >= 11 is 6.16. The smallest absolute Gasteiger partial charge is 0.137 e. The molecule has 0 aliphatic carbocycles. The van der Waals surface area contributed by atoms with Crippen molar-refractivity contribution in [3.8, 4) is 0 Å². The van der Waals surface area contributed by atoms with E-state index in [0.29, 0.717) is 5.02 Å². The van der Waals surface area contributed by atoms with Crippen molar-refractivity contribution in [2.75, 3.05) is 0 Å². The van der Waals surface area contributed by atoms with Crippen molar-refractivity contribution < 1.29 is 0 Å². The standard InChI is InChI=1S/C11H13ClN4/c1-8(13)11(16-7-14-6-15-16)9-4-2-3-5-10(9)12/h2-8,11H,13H2,1H3. The molecular weight excluding hydrogens is 224 g/mol.